The zero-order valence-corrected chi connectivity index (χ0v) is 31.2. The van der Waals surface area contributed by atoms with Gasteiger partial charge in [0.2, 0.25) is 0 Å². The molecule has 0 fully saturated rings. The van der Waals surface area contributed by atoms with E-state index in [9.17, 15) is 0 Å². The zero-order chi connectivity index (χ0) is 35.5. The van der Waals surface area contributed by atoms with Gasteiger partial charge in [-0.25, -0.2) is 0 Å². The summed E-state index contributed by atoms with van der Waals surface area (Å²) in [5.74, 6) is 0.964. The van der Waals surface area contributed by atoms with Crippen LogP contribution in [0.25, 0.3) is 42.4 Å². The van der Waals surface area contributed by atoms with Crippen LogP contribution in [0.15, 0.2) is 181 Å². The van der Waals surface area contributed by atoms with E-state index in [1.54, 1.807) is 0 Å². The highest BCUT2D eigenvalue weighted by atomic mass is 32.1. The van der Waals surface area contributed by atoms with Gasteiger partial charge in [0.25, 0.3) is 0 Å². The molecule has 258 valence electrons. The maximum Gasteiger partial charge on any atom is 0.0560 e. The van der Waals surface area contributed by atoms with E-state index in [0.717, 1.165) is 19.3 Å². The SMILES string of the molecule is CC1(C)c2cc(-c3ccc4sc5ccccc5c4c3)ccc2-c2ccc(N(c3ccccc3)C3C=CC(C4C=CC(C5C=CC=CC5)=CC4)=CC3)cc21. The fraction of sp³-hybridized carbons (Fsp3) is 0.176. The Morgan fingerprint density at radius 1 is 0.566 bits per heavy atom. The van der Waals surface area contributed by atoms with Gasteiger partial charge in [0.05, 0.1) is 6.04 Å². The predicted molar refractivity (Wildman–Crippen MR) is 228 cm³/mol. The lowest BCUT2D eigenvalue weighted by Crippen LogP contribution is -2.31. The fourth-order valence-corrected chi connectivity index (χ4v) is 10.2. The molecule has 0 saturated carbocycles. The van der Waals surface area contributed by atoms with E-state index in [2.05, 4.69) is 189 Å². The topological polar surface area (TPSA) is 3.24 Å². The molecule has 5 aromatic carbocycles. The van der Waals surface area contributed by atoms with Crippen molar-refractivity contribution < 1.29 is 0 Å². The molecule has 0 aliphatic heterocycles. The Morgan fingerprint density at radius 3 is 2.04 bits per heavy atom. The van der Waals surface area contributed by atoms with Crippen LogP contribution in [0.4, 0.5) is 11.4 Å². The average molecular weight is 702 g/mol. The van der Waals surface area contributed by atoms with Crippen molar-refractivity contribution in [2.75, 3.05) is 4.90 Å². The third-order valence-electron chi connectivity index (χ3n) is 12.1. The molecule has 3 atom stereocenters. The van der Waals surface area contributed by atoms with Crippen LogP contribution in [0.2, 0.25) is 0 Å². The summed E-state index contributed by atoms with van der Waals surface area (Å²) >= 11 is 1.88. The summed E-state index contributed by atoms with van der Waals surface area (Å²) in [6, 6.07) is 41.3. The zero-order valence-electron chi connectivity index (χ0n) is 30.4. The highest BCUT2D eigenvalue weighted by Gasteiger charge is 2.37. The van der Waals surface area contributed by atoms with Gasteiger partial charge in [-0.2, -0.15) is 0 Å². The van der Waals surface area contributed by atoms with Gasteiger partial charge in [-0.3, -0.25) is 0 Å². The normalized spacial score (nSPS) is 21.1. The second-order valence-electron chi connectivity index (χ2n) is 15.6. The van der Waals surface area contributed by atoms with Crippen LogP contribution in [-0.2, 0) is 5.41 Å². The third-order valence-corrected chi connectivity index (χ3v) is 13.2. The van der Waals surface area contributed by atoms with E-state index in [1.165, 1.54) is 76.1 Å². The number of para-hydroxylation sites is 1. The molecule has 1 heterocycles. The van der Waals surface area contributed by atoms with Crippen LogP contribution in [0.5, 0.6) is 0 Å². The second kappa shape index (κ2) is 12.9. The van der Waals surface area contributed by atoms with Gasteiger partial charge in [0.15, 0.2) is 0 Å². The van der Waals surface area contributed by atoms with Crippen LogP contribution in [-0.4, -0.2) is 6.04 Å². The average Bonchev–Trinajstić information content (AvgIpc) is 3.70. The fourth-order valence-electron chi connectivity index (χ4n) is 9.16. The van der Waals surface area contributed by atoms with Crippen LogP contribution in [0.1, 0.15) is 44.2 Å². The minimum Gasteiger partial charge on any atom is -0.334 e. The third kappa shape index (κ3) is 5.59. The number of rotatable bonds is 6. The molecule has 2 heteroatoms. The van der Waals surface area contributed by atoms with Crippen LogP contribution in [0.3, 0.4) is 0 Å². The maximum atomic E-state index is 2.55. The highest BCUT2D eigenvalue weighted by molar-refractivity contribution is 7.25. The molecule has 4 aliphatic carbocycles. The molecular weight excluding hydrogens is 659 g/mol. The molecule has 0 saturated heterocycles. The summed E-state index contributed by atoms with van der Waals surface area (Å²) in [5.41, 5.74) is 13.3. The molecule has 0 amide bonds. The van der Waals surface area contributed by atoms with Gasteiger partial charge in [0.1, 0.15) is 0 Å². The number of hydrogen-bond acceptors (Lipinski definition) is 2. The van der Waals surface area contributed by atoms with Crippen LogP contribution < -0.4 is 4.90 Å². The van der Waals surface area contributed by atoms with Gasteiger partial charge >= 0.3 is 0 Å². The summed E-state index contributed by atoms with van der Waals surface area (Å²) in [7, 11) is 0. The molecule has 6 aromatic rings. The minimum absolute atomic E-state index is 0.128. The second-order valence-corrected chi connectivity index (χ2v) is 16.6. The molecule has 10 rings (SSSR count). The van der Waals surface area contributed by atoms with Crippen molar-refractivity contribution in [1.29, 1.82) is 0 Å². The highest BCUT2D eigenvalue weighted by Crippen LogP contribution is 2.51. The Bertz CT molecular complexity index is 2590. The van der Waals surface area contributed by atoms with Crippen LogP contribution >= 0.6 is 11.3 Å². The lowest BCUT2D eigenvalue weighted by atomic mass is 9.81. The van der Waals surface area contributed by atoms with Crippen molar-refractivity contribution in [3.63, 3.8) is 0 Å². The van der Waals surface area contributed by atoms with E-state index < -0.39 is 0 Å². The van der Waals surface area contributed by atoms with Crippen molar-refractivity contribution in [1.82, 2.24) is 0 Å². The smallest absolute Gasteiger partial charge is 0.0560 e. The summed E-state index contributed by atoms with van der Waals surface area (Å²) in [6.07, 6.45) is 26.7. The van der Waals surface area contributed by atoms with E-state index in [-0.39, 0.29) is 11.5 Å². The van der Waals surface area contributed by atoms with Gasteiger partial charge in [-0.05, 0) is 112 Å². The van der Waals surface area contributed by atoms with Crippen molar-refractivity contribution in [2.45, 2.75) is 44.6 Å². The number of fused-ring (bicyclic) bond motifs is 6. The van der Waals surface area contributed by atoms with Gasteiger partial charge in [0, 0.05) is 48.8 Å². The largest absolute Gasteiger partial charge is 0.334 e. The summed E-state index contributed by atoms with van der Waals surface area (Å²) < 4.78 is 2.70. The number of benzene rings is 5. The van der Waals surface area contributed by atoms with Gasteiger partial charge < -0.3 is 4.90 Å². The number of allylic oxidation sites excluding steroid dienone is 10. The molecule has 0 radical (unpaired) electrons. The molecule has 0 N–H and O–H groups in total. The molecule has 53 heavy (non-hydrogen) atoms. The Morgan fingerprint density at radius 2 is 1.26 bits per heavy atom. The lowest BCUT2D eigenvalue weighted by Gasteiger charge is -2.35. The summed E-state index contributed by atoms with van der Waals surface area (Å²) in [5, 5.41) is 2.70. The molecular formula is C51H43NS. The standard InChI is InChI=1S/C51H43NS/c1-51(2)47-32-39(38-24-30-50-46(31-38)45-15-9-10-16-49(45)53-50)23-28-43(47)44-29-27-42(33-48(44)51)52(40-13-7-4-8-14-40)41-25-21-37(22-26-41)36-19-17-35(18-20-36)34-11-5-3-6-12-34/h3-11,13-19,21-25,27-34,36,41H,12,20,26H2,1-2H3. The number of nitrogens with zero attached hydrogens (tertiary/aromatic N) is 1. The number of thiophene rings is 1. The van der Waals surface area contributed by atoms with E-state index in [4.69, 9.17) is 0 Å². The molecule has 0 bridgehead atoms. The van der Waals surface area contributed by atoms with Crippen molar-refractivity contribution in [2.24, 2.45) is 11.8 Å². The van der Waals surface area contributed by atoms with Gasteiger partial charge in [-0.15, -0.1) is 11.3 Å². The molecule has 0 spiro atoms. The molecule has 1 nitrogen and oxygen atoms in total. The monoisotopic (exact) mass is 701 g/mol. The first kappa shape index (κ1) is 32.2. The first-order chi connectivity index (χ1) is 26.0. The molecule has 4 aliphatic rings. The first-order valence-corrected chi connectivity index (χ1v) is 20.0. The summed E-state index contributed by atoms with van der Waals surface area (Å²) in [4.78, 5) is 2.55. The van der Waals surface area contributed by atoms with E-state index in [1.807, 2.05) is 11.3 Å². The summed E-state index contributed by atoms with van der Waals surface area (Å²) in [6.45, 7) is 4.81. The van der Waals surface area contributed by atoms with Gasteiger partial charge in [-0.1, -0.05) is 135 Å². The maximum absolute atomic E-state index is 2.55. The van der Waals surface area contributed by atoms with Crippen molar-refractivity contribution in [3.05, 3.63) is 192 Å². The predicted octanol–water partition coefficient (Wildman–Crippen LogP) is 14.1. The number of anilines is 2. The minimum atomic E-state index is -0.128. The molecule has 1 aromatic heterocycles. The molecule has 3 unspecified atom stereocenters. The Balaban J connectivity index is 0.941. The number of hydrogen-bond donors (Lipinski definition) is 0. The van der Waals surface area contributed by atoms with E-state index >= 15 is 0 Å². The van der Waals surface area contributed by atoms with Crippen molar-refractivity contribution in [3.8, 4) is 22.3 Å². The Labute approximate surface area is 317 Å². The Hall–Kier alpha value is -5.44. The van der Waals surface area contributed by atoms with Crippen molar-refractivity contribution >= 4 is 42.9 Å². The lowest BCUT2D eigenvalue weighted by molar-refractivity contribution is 0.659. The quantitative estimate of drug-likeness (QED) is 0.167. The Kier molecular flexibility index (Phi) is 7.84. The first-order valence-electron chi connectivity index (χ1n) is 19.2. The van der Waals surface area contributed by atoms with Crippen LogP contribution in [0, 0.1) is 11.8 Å². The van der Waals surface area contributed by atoms with E-state index in [0.29, 0.717) is 11.8 Å².